The minimum absolute atomic E-state index is 0.0633. The van der Waals surface area contributed by atoms with E-state index in [2.05, 4.69) is 36.5 Å². The summed E-state index contributed by atoms with van der Waals surface area (Å²) in [5.74, 6) is 1.11. The van der Waals surface area contributed by atoms with Gasteiger partial charge in [0.1, 0.15) is 28.3 Å². The van der Waals surface area contributed by atoms with Crippen LogP contribution in [0.1, 0.15) is 18.5 Å². The van der Waals surface area contributed by atoms with Crippen molar-refractivity contribution >= 4 is 27.6 Å². The smallest absolute Gasteiger partial charge is 0.146 e. The van der Waals surface area contributed by atoms with Gasteiger partial charge in [-0.2, -0.15) is 0 Å². The molecule has 0 radical (unpaired) electrons. The highest BCUT2D eigenvalue weighted by atomic mass is 79.9. The Morgan fingerprint density at radius 3 is 2.68 bits per heavy atom. The Morgan fingerprint density at radius 1 is 1.26 bits per heavy atom. The van der Waals surface area contributed by atoms with Crippen molar-refractivity contribution < 1.29 is 4.39 Å². The van der Waals surface area contributed by atoms with Gasteiger partial charge in [0, 0.05) is 7.05 Å². The zero-order valence-corrected chi connectivity index (χ0v) is 12.2. The molecule has 0 aliphatic heterocycles. The van der Waals surface area contributed by atoms with E-state index in [0.717, 1.165) is 10.0 Å². The van der Waals surface area contributed by atoms with Crippen LogP contribution in [0, 0.1) is 5.82 Å². The number of nitrogens with zero attached hydrogens (tertiary/aromatic N) is 2. The maximum absolute atomic E-state index is 13.2. The van der Waals surface area contributed by atoms with E-state index in [9.17, 15) is 4.39 Å². The van der Waals surface area contributed by atoms with Crippen molar-refractivity contribution in [2.45, 2.75) is 13.0 Å². The van der Waals surface area contributed by atoms with E-state index < -0.39 is 0 Å². The number of benzene rings is 1. The maximum atomic E-state index is 13.2. The standard InChI is InChI=1S/C13H14BrFN4/c1-8(9-4-3-5-10(15)6-9)19-13-11(14)12(16-2)17-7-18-13/h3-8H,1-2H3,(H2,16,17,18,19). The Morgan fingerprint density at radius 2 is 2.00 bits per heavy atom. The van der Waals surface area contributed by atoms with Gasteiger partial charge in [-0.3, -0.25) is 0 Å². The van der Waals surface area contributed by atoms with Gasteiger partial charge in [-0.05, 0) is 40.5 Å². The SMILES string of the molecule is CNc1ncnc(NC(C)c2cccc(F)c2)c1Br. The maximum Gasteiger partial charge on any atom is 0.146 e. The van der Waals surface area contributed by atoms with Gasteiger partial charge in [-0.15, -0.1) is 0 Å². The summed E-state index contributed by atoms with van der Waals surface area (Å²) in [6, 6.07) is 6.43. The first kappa shape index (κ1) is 13.7. The third-order valence-electron chi connectivity index (χ3n) is 2.73. The van der Waals surface area contributed by atoms with Gasteiger partial charge in [0.2, 0.25) is 0 Å². The number of halogens is 2. The number of aromatic nitrogens is 2. The lowest BCUT2D eigenvalue weighted by Crippen LogP contribution is -2.10. The number of hydrogen-bond donors (Lipinski definition) is 2. The van der Waals surface area contributed by atoms with E-state index in [4.69, 9.17) is 0 Å². The fourth-order valence-electron chi connectivity index (χ4n) is 1.71. The highest BCUT2D eigenvalue weighted by Crippen LogP contribution is 2.29. The Balaban J connectivity index is 2.21. The van der Waals surface area contributed by atoms with Crippen molar-refractivity contribution in [3.8, 4) is 0 Å². The van der Waals surface area contributed by atoms with E-state index in [1.807, 2.05) is 13.0 Å². The summed E-state index contributed by atoms with van der Waals surface area (Å²) in [5, 5.41) is 6.18. The molecule has 0 saturated heterocycles. The van der Waals surface area contributed by atoms with Crippen molar-refractivity contribution in [3.63, 3.8) is 0 Å². The molecular weight excluding hydrogens is 311 g/mol. The summed E-state index contributed by atoms with van der Waals surface area (Å²) >= 11 is 3.43. The minimum Gasteiger partial charge on any atom is -0.372 e. The van der Waals surface area contributed by atoms with Crippen LogP contribution >= 0.6 is 15.9 Å². The van der Waals surface area contributed by atoms with Crippen LogP contribution in [0.4, 0.5) is 16.0 Å². The summed E-state index contributed by atoms with van der Waals surface area (Å²) in [6.45, 7) is 1.95. The summed E-state index contributed by atoms with van der Waals surface area (Å²) in [5.41, 5.74) is 0.858. The fraction of sp³-hybridized carbons (Fsp3) is 0.231. The summed E-state index contributed by atoms with van der Waals surface area (Å²) < 4.78 is 13.9. The molecule has 0 bridgehead atoms. The van der Waals surface area contributed by atoms with Gasteiger partial charge < -0.3 is 10.6 Å². The zero-order valence-electron chi connectivity index (χ0n) is 10.6. The molecule has 1 unspecified atom stereocenters. The molecule has 0 aliphatic carbocycles. The molecule has 1 atom stereocenters. The first-order valence-corrected chi connectivity index (χ1v) is 6.61. The van der Waals surface area contributed by atoms with Gasteiger partial charge >= 0.3 is 0 Å². The van der Waals surface area contributed by atoms with Crippen molar-refractivity contribution in [1.82, 2.24) is 9.97 Å². The van der Waals surface area contributed by atoms with E-state index >= 15 is 0 Å². The summed E-state index contributed by atoms with van der Waals surface area (Å²) in [6.07, 6.45) is 1.47. The molecule has 0 fully saturated rings. The first-order valence-electron chi connectivity index (χ1n) is 5.82. The number of rotatable bonds is 4. The van der Waals surface area contributed by atoms with Gasteiger partial charge in [-0.1, -0.05) is 12.1 Å². The van der Waals surface area contributed by atoms with Crippen LogP contribution in [-0.4, -0.2) is 17.0 Å². The van der Waals surface area contributed by atoms with E-state index in [1.54, 1.807) is 13.1 Å². The quantitative estimate of drug-likeness (QED) is 0.902. The first-order chi connectivity index (χ1) is 9.11. The lowest BCUT2D eigenvalue weighted by Gasteiger charge is -2.16. The third-order valence-corrected chi connectivity index (χ3v) is 3.48. The third kappa shape index (κ3) is 3.20. The van der Waals surface area contributed by atoms with Crippen LogP contribution in [0.25, 0.3) is 0 Å². The lowest BCUT2D eigenvalue weighted by atomic mass is 10.1. The second-order valence-corrected chi connectivity index (χ2v) is 4.85. The normalized spacial score (nSPS) is 12.0. The molecular formula is C13H14BrFN4. The molecule has 0 saturated carbocycles. The topological polar surface area (TPSA) is 49.8 Å². The van der Waals surface area contributed by atoms with E-state index in [0.29, 0.717) is 11.6 Å². The lowest BCUT2D eigenvalue weighted by molar-refractivity contribution is 0.623. The number of hydrogen-bond acceptors (Lipinski definition) is 4. The second kappa shape index (κ2) is 5.97. The van der Waals surface area contributed by atoms with Crippen LogP contribution < -0.4 is 10.6 Å². The van der Waals surface area contributed by atoms with Crippen molar-refractivity contribution in [2.75, 3.05) is 17.7 Å². The highest BCUT2D eigenvalue weighted by Gasteiger charge is 2.11. The molecule has 6 heteroatoms. The molecule has 0 spiro atoms. The molecule has 4 nitrogen and oxygen atoms in total. The van der Waals surface area contributed by atoms with Crippen molar-refractivity contribution in [3.05, 3.63) is 46.4 Å². The van der Waals surface area contributed by atoms with Crippen LogP contribution in [0.2, 0.25) is 0 Å². The highest BCUT2D eigenvalue weighted by molar-refractivity contribution is 9.10. The van der Waals surface area contributed by atoms with Crippen molar-refractivity contribution in [1.29, 1.82) is 0 Å². The largest absolute Gasteiger partial charge is 0.372 e. The Hall–Kier alpha value is -1.69. The molecule has 2 N–H and O–H groups in total. The summed E-state index contributed by atoms with van der Waals surface area (Å²) in [7, 11) is 1.78. The van der Waals surface area contributed by atoms with Crippen LogP contribution in [-0.2, 0) is 0 Å². The van der Waals surface area contributed by atoms with Crippen LogP contribution in [0.5, 0.6) is 0 Å². The number of nitrogens with one attached hydrogen (secondary N) is 2. The van der Waals surface area contributed by atoms with Crippen LogP contribution in [0.3, 0.4) is 0 Å². The van der Waals surface area contributed by atoms with Gasteiger partial charge in [0.25, 0.3) is 0 Å². The predicted molar refractivity (Wildman–Crippen MR) is 77.7 cm³/mol. The van der Waals surface area contributed by atoms with E-state index in [-0.39, 0.29) is 11.9 Å². The average Bonchev–Trinajstić information content (AvgIpc) is 2.41. The molecule has 2 aromatic rings. The van der Waals surface area contributed by atoms with Gasteiger partial charge in [-0.25, -0.2) is 14.4 Å². The predicted octanol–water partition coefficient (Wildman–Crippen LogP) is 3.59. The van der Waals surface area contributed by atoms with Gasteiger partial charge in [0.15, 0.2) is 0 Å². The Bertz CT molecular complexity index is 576. The van der Waals surface area contributed by atoms with Crippen LogP contribution in [0.15, 0.2) is 35.1 Å². The fourth-order valence-corrected chi connectivity index (χ4v) is 2.23. The van der Waals surface area contributed by atoms with Crippen molar-refractivity contribution in [2.24, 2.45) is 0 Å². The average molecular weight is 325 g/mol. The zero-order chi connectivity index (χ0) is 13.8. The summed E-state index contributed by atoms with van der Waals surface area (Å²) in [4.78, 5) is 8.25. The molecule has 2 rings (SSSR count). The molecule has 19 heavy (non-hydrogen) atoms. The Labute approximate surface area is 119 Å². The Kier molecular flexibility index (Phi) is 4.31. The number of anilines is 2. The molecule has 1 aromatic carbocycles. The monoisotopic (exact) mass is 324 g/mol. The second-order valence-electron chi connectivity index (χ2n) is 4.06. The molecule has 0 aliphatic rings. The molecule has 0 amide bonds. The van der Waals surface area contributed by atoms with Gasteiger partial charge in [0.05, 0.1) is 6.04 Å². The van der Waals surface area contributed by atoms with E-state index in [1.165, 1.54) is 18.5 Å². The minimum atomic E-state index is -0.246. The molecule has 100 valence electrons. The molecule has 1 aromatic heterocycles. The molecule has 1 heterocycles.